The van der Waals surface area contributed by atoms with E-state index in [1.54, 1.807) is 0 Å². The van der Waals surface area contributed by atoms with Gasteiger partial charge in [0.2, 0.25) is 5.91 Å². The molecule has 1 unspecified atom stereocenters. The van der Waals surface area contributed by atoms with Crippen LogP contribution in [0.3, 0.4) is 0 Å². The lowest BCUT2D eigenvalue weighted by Crippen LogP contribution is -2.47. The third kappa shape index (κ3) is 2.23. The highest BCUT2D eigenvalue weighted by Gasteiger charge is 2.39. The molecule has 1 atom stereocenters. The molecule has 0 aromatic carbocycles. The van der Waals surface area contributed by atoms with Gasteiger partial charge in [0.1, 0.15) is 0 Å². The molecule has 0 aromatic heterocycles. The maximum atomic E-state index is 11.8. The molecule has 76 valence electrons. The Kier molecular flexibility index (Phi) is 2.99. The van der Waals surface area contributed by atoms with Crippen molar-refractivity contribution in [3.63, 3.8) is 0 Å². The van der Waals surface area contributed by atoms with Gasteiger partial charge in [-0.2, -0.15) is 0 Å². The van der Waals surface area contributed by atoms with Crippen LogP contribution in [0.2, 0.25) is 0 Å². The highest BCUT2D eigenvalue weighted by molar-refractivity contribution is 5.83. The highest BCUT2D eigenvalue weighted by atomic mass is 16.2. The molecule has 13 heavy (non-hydrogen) atoms. The van der Waals surface area contributed by atoms with Crippen LogP contribution < -0.4 is 5.32 Å². The van der Waals surface area contributed by atoms with Crippen LogP contribution in [0.5, 0.6) is 0 Å². The van der Waals surface area contributed by atoms with Crippen molar-refractivity contribution in [2.75, 3.05) is 0 Å². The molecule has 2 nitrogen and oxygen atoms in total. The van der Waals surface area contributed by atoms with Gasteiger partial charge in [-0.3, -0.25) is 4.79 Å². The summed E-state index contributed by atoms with van der Waals surface area (Å²) in [6.45, 7) is 8.41. The predicted octanol–water partition coefficient (Wildman–Crippen LogP) is 2.34. The smallest absolute Gasteiger partial charge is 0.226 e. The summed E-state index contributed by atoms with van der Waals surface area (Å²) in [5.41, 5.74) is -0.0524. The van der Waals surface area contributed by atoms with Crippen LogP contribution in [0.4, 0.5) is 0 Å². The Morgan fingerprint density at radius 3 is 2.15 bits per heavy atom. The van der Waals surface area contributed by atoms with Crippen LogP contribution in [-0.4, -0.2) is 11.9 Å². The number of hydrogen-bond donors (Lipinski definition) is 1. The minimum absolute atomic E-state index is 0.0524. The lowest BCUT2D eigenvalue weighted by atomic mass is 9.69. The van der Waals surface area contributed by atoms with Crippen LogP contribution in [-0.2, 0) is 4.79 Å². The molecule has 1 aliphatic carbocycles. The lowest BCUT2D eigenvalue weighted by molar-refractivity contribution is -0.135. The molecule has 0 heterocycles. The molecule has 2 heteroatoms. The van der Waals surface area contributed by atoms with E-state index in [0.29, 0.717) is 12.0 Å². The molecule has 0 spiro atoms. The van der Waals surface area contributed by atoms with E-state index in [2.05, 4.69) is 33.0 Å². The fourth-order valence-corrected chi connectivity index (χ4v) is 1.48. The quantitative estimate of drug-likeness (QED) is 0.715. The van der Waals surface area contributed by atoms with Crippen molar-refractivity contribution in [3.8, 4) is 0 Å². The minimum atomic E-state index is -0.0524. The second-order valence-electron chi connectivity index (χ2n) is 4.92. The van der Waals surface area contributed by atoms with Crippen molar-refractivity contribution in [1.29, 1.82) is 0 Å². The normalized spacial score (nSPS) is 22.2. The van der Waals surface area contributed by atoms with Crippen molar-refractivity contribution in [2.24, 2.45) is 11.3 Å². The summed E-state index contributed by atoms with van der Waals surface area (Å²) in [6.07, 6.45) is 3.33. The average Bonchev–Trinajstić information content (AvgIpc) is 1.99. The molecule has 0 aliphatic heterocycles. The molecule has 0 radical (unpaired) electrons. The number of hydrogen-bond acceptors (Lipinski definition) is 1. The van der Waals surface area contributed by atoms with E-state index in [9.17, 15) is 4.79 Å². The fourth-order valence-electron chi connectivity index (χ4n) is 1.48. The molecule has 1 fully saturated rings. The summed E-state index contributed by atoms with van der Waals surface area (Å²) in [4.78, 5) is 11.8. The van der Waals surface area contributed by atoms with Crippen LogP contribution in [0.25, 0.3) is 0 Å². The molecule has 1 N–H and O–H groups in total. The van der Waals surface area contributed by atoms with Gasteiger partial charge in [-0.1, -0.05) is 27.2 Å². The largest absolute Gasteiger partial charge is 0.353 e. The van der Waals surface area contributed by atoms with Crippen molar-refractivity contribution < 1.29 is 4.79 Å². The minimum Gasteiger partial charge on any atom is -0.353 e. The van der Waals surface area contributed by atoms with E-state index in [4.69, 9.17) is 0 Å². The van der Waals surface area contributed by atoms with Crippen LogP contribution >= 0.6 is 0 Å². The van der Waals surface area contributed by atoms with Gasteiger partial charge >= 0.3 is 0 Å². The number of rotatable bonds is 3. The zero-order chi connectivity index (χ0) is 10.1. The van der Waals surface area contributed by atoms with E-state index in [1.807, 2.05) is 0 Å². The standard InChI is InChI=1S/C11H21NO/c1-8(2)9(3)12-10(13)11(4)6-5-7-11/h8-9H,5-7H2,1-4H3,(H,12,13). The third-order valence-corrected chi connectivity index (χ3v) is 3.36. The Morgan fingerprint density at radius 1 is 1.31 bits per heavy atom. The molecule has 0 aromatic rings. The van der Waals surface area contributed by atoms with Gasteiger partial charge < -0.3 is 5.32 Å². The summed E-state index contributed by atoms with van der Waals surface area (Å²) in [6, 6.07) is 0.296. The Labute approximate surface area is 81.1 Å². The monoisotopic (exact) mass is 183 g/mol. The Morgan fingerprint density at radius 2 is 1.85 bits per heavy atom. The van der Waals surface area contributed by atoms with Crippen molar-refractivity contribution in [2.45, 2.75) is 53.0 Å². The first-order chi connectivity index (χ1) is 5.96. The van der Waals surface area contributed by atoms with Gasteiger partial charge in [0, 0.05) is 11.5 Å². The van der Waals surface area contributed by atoms with Gasteiger partial charge in [-0.05, 0) is 25.7 Å². The zero-order valence-corrected chi connectivity index (χ0v) is 9.18. The zero-order valence-electron chi connectivity index (χ0n) is 9.18. The molecule has 1 saturated carbocycles. The number of amides is 1. The van der Waals surface area contributed by atoms with Crippen LogP contribution in [0.1, 0.15) is 47.0 Å². The SMILES string of the molecule is CC(C)C(C)NC(=O)C1(C)CCC1. The van der Waals surface area contributed by atoms with E-state index in [-0.39, 0.29) is 11.3 Å². The summed E-state index contributed by atoms with van der Waals surface area (Å²) >= 11 is 0. The lowest BCUT2D eigenvalue weighted by Gasteiger charge is -2.37. The molecule has 0 bridgehead atoms. The average molecular weight is 183 g/mol. The molecule has 0 saturated heterocycles. The first kappa shape index (κ1) is 10.6. The second kappa shape index (κ2) is 3.69. The molecular weight excluding hydrogens is 162 g/mol. The Hall–Kier alpha value is -0.530. The first-order valence-corrected chi connectivity index (χ1v) is 5.27. The highest BCUT2D eigenvalue weighted by Crippen LogP contribution is 2.40. The number of carbonyl (C=O) groups is 1. The Bertz CT molecular complexity index is 194. The van der Waals surface area contributed by atoms with Gasteiger partial charge in [0.05, 0.1) is 0 Å². The molecule has 1 rings (SSSR count). The maximum absolute atomic E-state index is 11.8. The van der Waals surface area contributed by atoms with Crippen LogP contribution in [0.15, 0.2) is 0 Å². The molecular formula is C11H21NO. The Balaban J connectivity index is 2.41. The summed E-state index contributed by atoms with van der Waals surface area (Å²) < 4.78 is 0. The van der Waals surface area contributed by atoms with E-state index in [0.717, 1.165) is 12.8 Å². The maximum Gasteiger partial charge on any atom is 0.226 e. The fraction of sp³-hybridized carbons (Fsp3) is 0.909. The predicted molar refractivity (Wildman–Crippen MR) is 54.4 cm³/mol. The van der Waals surface area contributed by atoms with Crippen molar-refractivity contribution >= 4 is 5.91 Å². The second-order valence-corrected chi connectivity index (χ2v) is 4.92. The van der Waals surface area contributed by atoms with Gasteiger partial charge in [-0.15, -0.1) is 0 Å². The van der Waals surface area contributed by atoms with Crippen molar-refractivity contribution in [3.05, 3.63) is 0 Å². The van der Waals surface area contributed by atoms with Gasteiger partial charge in [-0.25, -0.2) is 0 Å². The van der Waals surface area contributed by atoms with Gasteiger partial charge in [0.25, 0.3) is 0 Å². The number of carbonyl (C=O) groups excluding carboxylic acids is 1. The first-order valence-electron chi connectivity index (χ1n) is 5.27. The van der Waals surface area contributed by atoms with E-state index >= 15 is 0 Å². The summed E-state index contributed by atoms with van der Waals surface area (Å²) in [5, 5.41) is 3.08. The number of nitrogens with one attached hydrogen (secondary N) is 1. The van der Waals surface area contributed by atoms with Crippen LogP contribution in [0, 0.1) is 11.3 Å². The van der Waals surface area contributed by atoms with Gasteiger partial charge in [0.15, 0.2) is 0 Å². The summed E-state index contributed by atoms with van der Waals surface area (Å²) in [5.74, 6) is 0.771. The van der Waals surface area contributed by atoms with E-state index in [1.165, 1.54) is 6.42 Å². The summed E-state index contributed by atoms with van der Waals surface area (Å²) in [7, 11) is 0. The third-order valence-electron chi connectivity index (χ3n) is 3.36. The molecule has 1 aliphatic rings. The van der Waals surface area contributed by atoms with E-state index < -0.39 is 0 Å². The van der Waals surface area contributed by atoms with Crippen molar-refractivity contribution in [1.82, 2.24) is 5.32 Å². The topological polar surface area (TPSA) is 29.1 Å². The molecule has 1 amide bonds.